The molecule has 0 radical (unpaired) electrons. The molecule has 0 aromatic heterocycles. The maximum absolute atomic E-state index is 12.4. The third-order valence-corrected chi connectivity index (χ3v) is 4.22. The zero-order chi connectivity index (χ0) is 20.5. The molecule has 6 heteroatoms. The second-order valence-electron chi connectivity index (χ2n) is 6.30. The van der Waals surface area contributed by atoms with Gasteiger partial charge in [0.2, 0.25) is 5.91 Å². The fraction of sp³-hybridized carbons (Fsp3) is 0.273. The average molecular weight is 382 g/mol. The molecule has 0 fully saturated rings. The zero-order valence-electron chi connectivity index (χ0n) is 16.6. The number of benzene rings is 2. The van der Waals surface area contributed by atoms with Gasteiger partial charge in [0, 0.05) is 18.2 Å². The van der Waals surface area contributed by atoms with Crippen LogP contribution in [0.1, 0.15) is 36.2 Å². The van der Waals surface area contributed by atoms with Gasteiger partial charge in [-0.25, -0.2) is 0 Å². The number of anilines is 1. The third-order valence-electron chi connectivity index (χ3n) is 4.22. The summed E-state index contributed by atoms with van der Waals surface area (Å²) in [6, 6.07) is 12.3. The van der Waals surface area contributed by atoms with Crippen LogP contribution in [0.3, 0.4) is 0 Å². The van der Waals surface area contributed by atoms with Crippen LogP contribution in [0.5, 0.6) is 11.5 Å². The highest BCUT2D eigenvalue weighted by atomic mass is 16.5. The number of amides is 2. The molecule has 1 atom stereocenters. The summed E-state index contributed by atoms with van der Waals surface area (Å²) in [6.45, 7) is 3.93. The summed E-state index contributed by atoms with van der Waals surface area (Å²) in [5, 5.41) is 5.67. The number of carbonyl (C=O) groups is 2. The third kappa shape index (κ3) is 5.87. The number of ether oxygens (including phenoxy) is 2. The van der Waals surface area contributed by atoms with Gasteiger partial charge in [-0.05, 0) is 49.2 Å². The van der Waals surface area contributed by atoms with Crippen LogP contribution in [-0.2, 0) is 4.79 Å². The standard InChI is InChI=1S/C22H26N2O4/c1-5-15(2)23-22(26)19-8-6-7-9-20(19)24-21(25)11-10-16-12-17(27-3)14-18(13-16)28-4/h6-15H,5H2,1-4H3,(H,23,26)(H,24,25)/b11-10+/t15-/m1/s1. The Kier molecular flexibility index (Phi) is 7.63. The van der Waals surface area contributed by atoms with Gasteiger partial charge in [-0.2, -0.15) is 0 Å². The van der Waals surface area contributed by atoms with Crippen molar-refractivity contribution in [3.05, 3.63) is 59.7 Å². The maximum Gasteiger partial charge on any atom is 0.253 e. The molecule has 0 aliphatic rings. The normalized spacial score (nSPS) is 11.7. The molecule has 0 saturated carbocycles. The lowest BCUT2D eigenvalue weighted by Crippen LogP contribution is -2.32. The Morgan fingerprint density at radius 2 is 1.71 bits per heavy atom. The van der Waals surface area contributed by atoms with E-state index in [4.69, 9.17) is 9.47 Å². The van der Waals surface area contributed by atoms with Gasteiger partial charge in [-0.15, -0.1) is 0 Å². The number of carbonyl (C=O) groups excluding carboxylic acids is 2. The first-order chi connectivity index (χ1) is 13.5. The van der Waals surface area contributed by atoms with E-state index in [-0.39, 0.29) is 17.9 Å². The lowest BCUT2D eigenvalue weighted by atomic mass is 10.1. The van der Waals surface area contributed by atoms with Gasteiger partial charge < -0.3 is 20.1 Å². The molecule has 28 heavy (non-hydrogen) atoms. The number of methoxy groups -OCH3 is 2. The van der Waals surface area contributed by atoms with E-state index in [0.717, 1.165) is 12.0 Å². The van der Waals surface area contributed by atoms with E-state index in [9.17, 15) is 9.59 Å². The minimum Gasteiger partial charge on any atom is -0.497 e. The fourth-order valence-electron chi connectivity index (χ4n) is 2.47. The number of para-hydroxylation sites is 1. The van der Waals surface area contributed by atoms with Crippen LogP contribution in [0, 0.1) is 0 Å². The number of hydrogen-bond donors (Lipinski definition) is 2. The van der Waals surface area contributed by atoms with Crippen molar-refractivity contribution in [3.8, 4) is 11.5 Å². The van der Waals surface area contributed by atoms with Crippen LogP contribution in [0.4, 0.5) is 5.69 Å². The van der Waals surface area contributed by atoms with Gasteiger partial charge in [0.25, 0.3) is 5.91 Å². The Bertz CT molecular complexity index is 839. The van der Waals surface area contributed by atoms with Gasteiger partial charge in [0.05, 0.1) is 25.5 Å². The molecule has 0 aliphatic heterocycles. The monoisotopic (exact) mass is 382 g/mol. The molecule has 2 aromatic carbocycles. The molecule has 0 unspecified atom stereocenters. The van der Waals surface area contributed by atoms with E-state index < -0.39 is 0 Å². The number of rotatable bonds is 8. The highest BCUT2D eigenvalue weighted by molar-refractivity contribution is 6.07. The summed E-state index contributed by atoms with van der Waals surface area (Å²) in [5.41, 5.74) is 1.64. The first kappa shape index (κ1) is 21.0. The molecule has 0 heterocycles. The highest BCUT2D eigenvalue weighted by Gasteiger charge is 2.13. The summed E-state index contributed by atoms with van der Waals surface area (Å²) >= 11 is 0. The van der Waals surface area contributed by atoms with E-state index in [1.807, 2.05) is 13.8 Å². The number of nitrogens with one attached hydrogen (secondary N) is 2. The van der Waals surface area contributed by atoms with Crippen molar-refractivity contribution in [2.24, 2.45) is 0 Å². The average Bonchev–Trinajstić information content (AvgIpc) is 2.72. The molecule has 0 aliphatic carbocycles. The molecule has 2 amide bonds. The van der Waals surface area contributed by atoms with Crippen molar-refractivity contribution in [1.82, 2.24) is 5.32 Å². The van der Waals surface area contributed by atoms with E-state index in [1.165, 1.54) is 6.08 Å². The van der Waals surface area contributed by atoms with Crippen molar-refractivity contribution in [2.75, 3.05) is 19.5 Å². The largest absolute Gasteiger partial charge is 0.497 e. The summed E-state index contributed by atoms with van der Waals surface area (Å²) < 4.78 is 10.4. The van der Waals surface area contributed by atoms with E-state index in [2.05, 4.69) is 10.6 Å². The minimum atomic E-state index is -0.342. The first-order valence-electron chi connectivity index (χ1n) is 9.08. The molecular formula is C22H26N2O4. The predicted octanol–water partition coefficient (Wildman–Crippen LogP) is 3.88. The SMILES string of the molecule is CC[C@@H](C)NC(=O)c1ccccc1NC(=O)/C=C/c1cc(OC)cc(OC)c1. The molecule has 0 spiro atoms. The van der Waals surface area contributed by atoms with E-state index >= 15 is 0 Å². The predicted molar refractivity (Wildman–Crippen MR) is 111 cm³/mol. The van der Waals surface area contributed by atoms with Crippen LogP contribution >= 0.6 is 0 Å². The number of hydrogen-bond acceptors (Lipinski definition) is 4. The summed E-state index contributed by atoms with van der Waals surface area (Å²) in [6.07, 6.45) is 3.88. The van der Waals surface area contributed by atoms with Crippen LogP contribution in [0.2, 0.25) is 0 Å². The van der Waals surface area contributed by atoms with Crippen LogP contribution < -0.4 is 20.1 Å². The first-order valence-corrected chi connectivity index (χ1v) is 9.08. The van der Waals surface area contributed by atoms with Crippen LogP contribution in [0.25, 0.3) is 6.08 Å². The lowest BCUT2D eigenvalue weighted by Gasteiger charge is -2.14. The quantitative estimate of drug-likeness (QED) is 0.679. The lowest BCUT2D eigenvalue weighted by molar-refractivity contribution is -0.111. The Hall–Kier alpha value is -3.28. The van der Waals surface area contributed by atoms with Crippen molar-refractivity contribution in [1.29, 1.82) is 0 Å². The Balaban J connectivity index is 2.13. The van der Waals surface area contributed by atoms with Gasteiger partial charge >= 0.3 is 0 Å². The van der Waals surface area contributed by atoms with Crippen LogP contribution in [-0.4, -0.2) is 32.1 Å². The summed E-state index contributed by atoms with van der Waals surface area (Å²) in [4.78, 5) is 24.8. The van der Waals surface area contributed by atoms with Gasteiger partial charge in [-0.1, -0.05) is 19.1 Å². The molecule has 2 N–H and O–H groups in total. The second-order valence-corrected chi connectivity index (χ2v) is 6.30. The summed E-state index contributed by atoms with van der Waals surface area (Å²) in [7, 11) is 3.13. The summed E-state index contributed by atoms with van der Waals surface area (Å²) in [5.74, 6) is 0.704. The van der Waals surface area contributed by atoms with Gasteiger partial charge in [-0.3, -0.25) is 9.59 Å². The molecule has 0 bridgehead atoms. The van der Waals surface area contributed by atoms with E-state index in [0.29, 0.717) is 22.7 Å². The van der Waals surface area contributed by atoms with Gasteiger partial charge in [0.15, 0.2) is 0 Å². The van der Waals surface area contributed by atoms with Gasteiger partial charge in [0.1, 0.15) is 11.5 Å². The van der Waals surface area contributed by atoms with E-state index in [1.54, 1.807) is 62.8 Å². The Labute approximate surface area is 165 Å². The zero-order valence-corrected chi connectivity index (χ0v) is 16.6. The Morgan fingerprint density at radius 3 is 2.32 bits per heavy atom. The van der Waals surface area contributed by atoms with Crippen molar-refractivity contribution < 1.29 is 19.1 Å². The molecule has 2 aromatic rings. The molecular weight excluding hydrogens is 356 g/mol. The highest BCUT2D eigenvalue weighted by Crippen LogP contribution is 2.23. The molecule has 148 valence electrons. The smallest absolute Gasteiger partial charge is 0.253 e. The fourth-order valence-corrected chi connectivity index (χ4v) is 2.47. The Morgan fingerprint density at radius 1 is 1.07 bits per heavy atom. The molecule has 0 saturated heterocycles. The van der Waals surface area contributed by atoms with Crippen molar-refractivity contribution >= 4 is 23.6 Å². The molecule has 6 nitrogen and oxygen atoms in total. The minimum absolute atomic E-state index is 0.0548. The van der Waals surface area contributed by atoms with Crippen LogP contribution in [0.15, 0.2) is 48.5 Å². The van der Waals surface area contributed by atoms with Crippen molar-refractivity contribution in [2.45, 2.75) is 26.3 Å². The topological polar surface area (TPSA) is 76.7 Å². The maximum atomic E-state index is 12.4. The molecule has 2 rings (SSSR count). The second kappa shape index (κ2) is 10.2. The van der Waals surface area contributed by atoms with Crippen molar-refractivity contribution in [3.63, 3.8) is 0 Å².